The number of carboxylic acids is 1. The average Bonchev–Trinajstić information content (AvgIpc) is 3.11. The van der Waals surface area contributed by atoms with Crippen LogP contribution in [0.25, 0.3) is 0 Å². The molecule has 162 valence electrons. The number of anilines is 1. The maximum Gasteiger partial charge on any atom is 0.469 e. The van der Waals surface area contributed by atoms with E-state index in [2.05, 4.69) is 9.51 Å². The monoisotopic (exact) mass is 438 g/mol. The van der Waals surface area contributed by atoms with Crippen molar-refractivity contribution in [3.63, 3.8) is 0 Å². The smallest absolute Gasteiger partial charge is 0.469 e. The van der Waals surface area contributed by atoms with Crippen LogP contribution < -0.4 is 11.1 Å². The fourth-order valence-corrected chi connectivity index (χ4v) is 2.83. The van der Waals surface area contributed by atoms with Gasteiger partial charge in [-0.3, -0.25) is 28.8 Å². The maximum absolute atomic E-state index is 12.1. The van der Waals surface area contributed by atoms with Crippen molar-refractivity contribution < 1.29 is 53.3 Å². The molecule has 15 nitrogen and oxygen atoms in total. The zero-order chi connectivity index (χ0) is 21.9. The van der Waals surface area contributed by atoms with E-state index in [1.165, 1.54) is 0 Å². The van der Waals surface area contributed by atoms with Crippen LogP contribution in [0.5, 0.6) is 0 Å². The number of ether oxygens (including phenoxy) is 1. The SMILES string of the molecule is Nc1c(C(=O)NC(=O)CCC(=O)O)ncn1C1OC(COP(=O)(O)O)C(O)C1O. The number of nitrogens with two attached hydrogens (primary N) is 1. The van der Waals surface area contributed by atoms with Gasteiger partial charge in [-0.2, -0.15) is 0 Å². The fraction of sp³-hybridized carbons (Fsp3) is 0.538. The molecule has 0 spiro atoms. The first-order valence-corrected chi connectivity index (χ1v) is 9.53. The minimum absolute atomic E-state index is 0.346. The lowest BCUT2D eigenvalue weighted by Crippen LogP contribution is -2.34. The molecule has 0 radical (unpaired) electrons. The number of amides is 2. The zero-order valence-electron chi connectivity index (χ0n) is 14.6. The average molecular weight is 438 g/mol. The third-order valence-electron chi connectivity index (χ3n) is 3.88. The van der Waals surface area contributed by atoms with Gasteiger partial charge in [0.15, 0.2) is 11.9 Å². The number of nitrogens with one attached hydrogen (secondary N) is 1. The number of hydrogen-bond donors (Lipinski definition) is 7. The van der Waals surface area contributed by atoms with Gasteiger partial charge in [-0.1, -0.05) is 0 Å². The lowest BCUT2D eigenvalue weighted by Gasteiger charge is -2.17. The topological polar surface area (TPSA) is 244 Å². The van der Waals surface area contributed by atoms with Gasteiger partial charge in [-0.25, -0.2) is 9.55 Å². The Hall–Kier alpha value is -2.39. The van der Waals surface area contributed by atoms with Gasteiger partial charge in [0.2, 0.25) is 5.91 Å². The van der Waals surface area contributed by atoms with E-state index < -0.39 is 75.3 Å². The number of phosphoric ester groups is 1. The highest BCUT2D eigenvalue weighted by molar-refractivity contribution is 7.46. The van der Waals surface area contributed by atoms with Crippen LogP contribution >= 0.6 is 7.82 Å². The predicted octanol–water partition coefficient (Wildman–Crippen LogP) is -2.68. The van der Waals surface area contributed by atoms with Gasteiger partial charge >= 0.3 is 13.8 Å². The Morgan fingerprint density at radius 2 is 1.93 bits per heavy atom. The molecule has 0 bridgehead atoms. The number of carbonyl (C=O) groups is 3. The Bertz CT molecular complexity index is 837. The van der Waals surface area contributed by atoms with Crippen LogP contribution in [-0.4, -0.2) is 77.4 Å². The van der Waals surface area contributed by atoms with E-state index >= 15 is 0 Å². The number of carboxylic acid groups (broad SMARTS) is 1. The number of imidazole rings is 1. The van der Waals surface area contributed by atoms with Crippen LogP contribution in [0.2, 0.25) is 0 Å². The highest BCUT2D eigenvalue weighted by atomic mass is 31.2. The Labute approximate surface area is 162 Å². The first-order chi connectivity index (χ1) is 13.4. The van der Waals surface area contributed by atoms with E-state index in [1.807, 2.05) is 5.32 Å². The van der Waals surface area contributed by atoms with Crippen LogP contribution in [0.3, 0.4) is 0 Å². The number of nitrogen functional groups attached to an aromatic ring is 1. The molecular weight excluding hydrogens is 419 g/mol. The number of hydrogen-bond acceptors (Lipinski definition) is 10. The summed E-state index contributed by atoms with van der Waals surface area (Å²) in [5.74, 6) is -3.46. The Kier molecular flexibility index (Phi) is 7.07. The summed E-state index contributed by atoms with van der Waals surface area (Å²) in [6.07, 6.45) is -5.83. The number of aliphatic carboxylic acids is 1. The molecule has 1 aliphatic rings. The Balaban J connectivity index is 2.08. The van der Waals surface area contributed by atoms with Crippen molar-refractivity contribution in [2.24, 2.45) is 0 Å². The quantitative estimate of drug-likeness (QED) is 0.205. The van der Waals surface area contributed by atoms with E-state index in [4.69, 9.17) is 25.4 Å². The molecule has 4 unspecified atom stereocenters. The highest BCUT2D eigenvalue weighted by Gasteiger charge is 2.45. The van der Waals surface area contributed by atoms with Crippen molar-refractivity contribution in [1.29, 1.82) is 0 Å². The lowest BCUT2D eigenvalue weighted by molar-refractivity contribution is -0.138. The summed E-state index contributed by atoms with van der Waals surface area (Å²) in [5, 5.41) is 30.5. The van der Waals surface area contributed by atoms with Crippen molar-refractivity contribution in [2.75, 3.05) is 12.3 Å². The summed E-state index contributed by atoms with van der Waals surface area (Å²) in [6.45, 7) is -0.737. The fourth-order valence-electron chi connectivity index (χ4n) is 2.48. The maximum atomic E-state index is 12.1. The van der Waals surface area contributed by atoms with Crippen LogP contribution in [0.15, 0.2) is 6.33 Å². The second-order valence-electron chi connectivity index (χ2n) is 5.99. The van der Waals surface area contributed by atoms with E-state index in [-0.39, 0.29) is 5.82 Å². The number of phosphoric acid groups is 1. The number of rotatable bonds is 8. The van der Waals surface area contributed by atoms with Crippen LogP contribution in [0, 0.1) is 0 Å². The van der Waals surface area contributed by atoms with E-state index in [0.29, 0.717) is 0 Å². The first kappa shape index (κ1) is 22.9. The van der Waals surface area contributed by atoms with Gasteiger partial charge in [0, 0.05) is 6.42 Å². The standard InChI is InChI=1S/C13H19N4O11P/c14-11-8(12(23)16-6(18)1-2-7(19)20)15-4-17(11)13-10(22)9(21)5(28-13)3-27-29(24,25)26/h4-5,9-10,13,21-22H,1-3,14H2,(H,19,20)(H,16,18,23)(H2,24,25,26). The molecule has 2 amide bonds. The minimum atomic E-state index is -4.84. The summed E-state index contributed by atoms with van der Waals surface area (Å²) in [6, 6.07) is 0. The summed E-state index contributed by atoms with van der Waals surface area (Å²) >= 11 is 0. The molecule has 2 heterocycles. The van der Waals surface area contributed by atoms with Crippen molar-refractivity contribution >= 4 is 31.4 Å². The second-order valence-corrected chi connectivity index (χ2v) is 7.23. The van der Waals surface area contributed by atoms with Crippen molar-refractivity contribution in [2.45, 2.75) is 37.4 Å². The van der Waals surface area contributed by atoms with Gasteiger partial charge in [-0.05, 0) is 0 Å². The van der Waals surface area contributed by atoms with Crippen molar-refractivity contribution in [1.82, 2.24) is 14.9 Å². The first-order valence-electron chi connectivity index (χ1n) is 8.00. The molecule has 1 aromatic rings. The number of aliphatic hydroxyl groups is 2. The van der Waals surface area contributed by atoms with E-state index in [1.54, 1.807) is 0 Å². The van der Waals surface area contributed by atoms with Gasteiger partial charge in [0.25, 0.3) is 5.91 Å². The van der Waals surface area contributed by atoms with Crippen molar-refractivity contribution in [3.8, 4) is 0 Å². The van der Waals surface area contributed by atoms with Gasteiger partial charge < -0.3 is 35.6 Å². The third-order valence-corrected chi connectivity index (χ3v) is 4.37. The molecule has 1 saturated heterocycles. The molecule has 0 aliphatic carbocycles. The number of imide groups is 1. The van der Waals surface area contributed by atoms with Gasteiger partial charge in [-0.15, -0.1) is 0 Å². The summed E-state index contributed by atoms with van der Waals surface area (Å²) in [5.41, 5.74) is 5.36. The molecular formula is C13H19N4O11P. The number of aliphatic hydroxyl groups excluding tert-OH is 2. The van der Waals surface area contributed by atoms with Crippen molar-refractivity contribution in [3.05, 3.63) is 12.0 Å². The van der Waals surface area contributed by atoms with Gasteiger partial charge in [0.1, 0.15) is 24.1 Å². The van der Waals surface area contributed by atoms with Crippen LogP contribution in [-0.2, 0) is 23.4 Å². The summed E-state index contributed by atoms with van der Waals surface area (Å²) in [4.78, 5) is 55.2. The largest absolute Gasteiger partial charge is 0.481 e. The second kappa shape index (κ2) is 8.96. The molecule has 1 fully saturated rings. The van der Waals surface area contributed by atoms with Gasteiger partial charge in [0.05, 0.1) is 19.4 Å². The highest BCUT2D eigenvalue weighted by Crippen LogP contribution is 2.38. The molecule has 4 atom stereocenters. The molecule has 2 rings (SSSR count). The molecule has 16 heteroatoms. The number of aromatic nitrogens is 2. The third kappa shape index (κ3) is 5.80. The molecule has 29 heavy (non-hydrogen) atoms. The summed E-state index contributed by atoms with van der Waals surface area (Å²) < 4.78 is 21.3. The molecule has 0 aromatic carbocycles. The summed E-state index contributed by atoms with van der Waals surface area (Å²) in [7, 11) is -4.84. The molecule has 0 saturated carbocycles. The zero-order valence-corrected chi connectivity index (χ0v) is 15.5. The van der Waals surface area contributed by atoms with E-state index in [0.717, 1.165) is 10.9 Å². The lowest BCUT2D eigenvalue weighted by atomic mass is 10.1. The molecule has 1 aromatic heterocycles. The normalized spacial score (nSPS) is 24.4. The minimum Gasteiger partial charge on any atom is -0.481 e. The van der Waals surface area contributed by atoms with E-state index in [9.17, 15) is 29.2 Å². The number of nitrogens with zero attached hydrogens (tertiary/aromatic N) is 2. The number of carbonyl (C=O) groups excluding carboxylic acids is 2. The Morgan fingerprint density at radius 1 is 1.28 bits per heavy atom. The Morgan fingerprint density at radius 3 is 2.52 bits per heavy atom. The van der Waals surface area contributed by atoms with Crippen LogP contribution in [0.4, 0.5) is 5.82 Å². The van der Waals surface area contributed by atoms with Crippen LogP contribution in [0.1, 0.15) is 29.6 Å². The molecule has 8 N–H and O–H groups in total. The predicted molar refractivity (Wildman–Crippen MR) is 89.9 cm³/mol. The molecule has 1 aliphatic heterocycles.